The standard InChI is InChI=1S/C18H22N4OS/c1-14-20-16(13-24-14)12-22-11-6-18(22)4-9-21(10-5-18)17(23)15-2-7-19-8-3-15/h2-3,7-8,13H,4-6,9-12H2,1H3. The number of aromatic nitrogens is 2. The lowest BCUT2D eigenvalue weighted by Gasteiger charge is -2.56. The predicted octanol–water partition coefficient (Wildman–Crippen LogP) is 2.73. The topological polar surface area (TPSA) is 49.3 Å². The molecule has 2 saturated heterocycles. The molecule has 0 aromatic carbocycles. The van der Waals surface area contributed by atoms with Crippen LogP contribution in [0.2, 0.25) is 0 Å². The maximum Gasteiger partial charge on any atom is 0.253 e. The van der Waals surface area contributed by atoms with Gasteiger partial charge in [-0.25, -0.2) is 4.98 Å². The van der Waals surface area contributed by atoms with Crippen LogP contribution in [0.15, 0.2) is 29.9 Å². The Morgan fingerprint density at radius 2 is 1.92 bits per heavy atom. The Morgan fingerprint density at radius 1 is 1.21 bits per heavy atom. The van der Waals surface area contributed by atoms with Crippen molar-refractivity contribution < 1.29 is 4.79 Å². The van der Waals surface area contributed by atoms with Gasteiger partial charge in [0.1, 0.15) is 0 Å². The van der Waals surface area contributed by atoms with Gasteiger partial charge in [0.25, 0.3) is 5.91 Å². The Morgan fingerprint density at radius 3 is 2.50 bits per heavy atom. The summed E-state index contributed by atoms with van der Waals surface area (Å²) in [7, 11) is 0. The number of piperidine rings is 1. The van der Waals surface area contributed by atoms with Crippen molar-refractivity contribution in [3.63, 3.8) is 0 Å². The second-order valence-corrected chi connectivity index (χ2v) is 7.84. The summed E-state index contributed by atoms with van der Waals surface area (Å²) in [5.74, 6) is 0.133. The first-order valence-corrected chi connectivity index (χ1v) is 9.40. The molecule has 24 heavy (non-hydrogen) atoms. The molecule has 2 aromatic rings. The van der Waals surface area contributed by atoms with E-state index in [4.69, 9.17) is 0 Å². The monoisotopic (exact) mass is 342 g/mol. The first-order valence-electron chi connectivity index (χ1n) is 8.52. The van der Waals surface area contributed by atoms with Gasteiger partial charge in [-0.15, -0.1) is 11.3 Å². The molecule has 2 aliphatic rings. The van der Waals surface area contributed by atoms with E-state index in [0.717, 1.165) is 49.6 Å². The second kappa shape index (κ2) is 6.26. The van der Waals surface area contributed by atoms with Gasteiger partial charge < -0.3 is 4.90 Å². The Hall–Kier alpha value is -1.79. The fourth-order valence-electron chi connectivity index (χ4n) is 3.88. The highest BCUT2D eigenvalue weighted by Crippen LogP contribution is 2.41. The van der Waals surface area contributed by atoms with Crippen molar-refractivity contribution in [1.29, 1.82) is 0 Å². The van der Waals surface area contributed by atoms with E-state index in [2.05, 4.69) is 27.2 Å². The maximum absolute atomic E-state index is 12.6. The zero-order valence-corrected chi connectivity index (χ0v) is 14.8. The molecule has 2 aliphatic heterocycles. The fourth-order valence-corrected chi connectivity index (χ4v) is 4.48. The molecule has 5 nitrogen and oxygen atoms in total. The van der Waals surface area contributed by atoms with Gasteiger partial charge in [0.15, 0.2) is 0 Å². The van der Waals surface area contributed by atoms with Crippen molar-refractivity contribution >= 4 is 17.2 Å². The average Bonchev–Trinajstić information content (AvgIpc) is 3.04. The third-order valence-electron chi connectivity index (χ3n) is 5.45. The van der Waals surface area contributed by atoms with Crippen LogP contribution in [-0.2, 0) is 6.54 Å². The molecule has 6 heteroatoms. The third kappa shape index (κ3) is 2.84. The smallest absolute Gasteiger partial charge is 0.253 e. The van der Waals surface area contributed by atoms with Crippen molar-refractivity contribution in [1.82, 2.24) is 19.8 Å². The molecule has 1 amide bonds. The highest BCUT2D eigenvalue weighted by molar-refractivity contribution is 7.09. The zero-order valence-electron chi connectivity index (χ0n) is 13.9. The molecule has 4 rings (SSSR count). The summed E-state index contributed by atoms with van der Waals surface area (Å²) in [6.07, 6.45) is 6.73. The number of hydrogen-bond donors (Lipinski definition) is 0. The lowest BCUT2D eigenvalue weighted by atomic mass is 9.76. The molecule has 0 bridgehead atoms. The van der Waals surface area contributed by atoms with E-state index < -0.39 is 0 Å². The molecular formula is C18H22N4OS. The normalized spacial score (nSPS) is 20.1. The average molecular weight is 342 g/mol. The number of pyridine rings is 1. The van der Waals surface area contributed by atoms with E-state index in [1.807, 2.05) is 4.90 Å². The minimum absolute atomic E-state index is 0.133. The molecule has 0 radical (unpaired) electrons. The number of carbonyl (C=O) groups is 1. The third-order valence-corrected chi connectivity index (χ3v) is 6.27. The highest BCUT2D eigenvalue weighted by Gasteiger charge is 2.46. The fraction of sp³-hybridized carbons (Fsp3) is 0.500. The molecule has 0 saturated carbocycles. The van der Waals surface area contributed by atoms with Gasteiger partial charge in [0.2, 0.25) is 0 Å². The van der Waals surface area contributed by atoms with Crippen molar-refractivity contribution in [2.24, 2.45) is 0 Å². The van der Waals surface area contributed by atoms with E-state index in [-0.39, 0.29) is 11.4 Å². The summed E-state index contributed by atoms with van der Waals surface area (Å²) in [6, 6.07) is 3.60. The van der Waals surface area contributed by atoms with Gasteiger partial charge in [-0.3, -0.25) is 14.7 Å². The number of likely N-dealkylation sites (tertiary alicyclic amines) is 2. The molecule has 0 aliphatic carbocycles. The van der Waals surface area contributed by atoms with E-state index >= 15 is 0 Å². The van der Waals surface area contributed by atoms with E-state index in [1.54, 1.807) is 35.9 Å². The van der Waals surface area contributed by atoms with Gasteiger partial charge in [-0.1, -0.05) is 0 Å². The van der Waals surface area contributed by atoms with E-state index in [0.29, 0.717) is 0 Å². The first-order chi connectivity index (χ1) is 11.7. The van der Waals surface area contributed by atoms with E-state index in [9.17, 15) is 4.79 Å². The summed E-state index contributed by atoms with van der Waals surface area (Å²) in [5, 5.41) is 3.31. The van der Waals surface area contributed by atoms with Crippen LogP contribution in [0, 0.1) is 6.92 Å². The predicted molar refractivity (Wildman–Crippen MR) is 94.0 cm³/mol. The van der Waals surface area contributed by atoms with Crippen LogP contribution in [0.5, 0.6) is 0 Å². The van der Waals surface area contributed by atoms with Crippen LogP contribution < -0.4 is 0 Å². The highest BCUT2D eigenvalue weighted by atomic mass is 32.1. The van der Waals surface area contributed by atoms with Crippen LogP contribution in [0.1, 0.15) is 40.3 Å². The van der Waals surface area contributed by atoms with E-state index in [1.165, 1.54) is 12.1 Å². The molecule has 2 aromatic heterocycles. The maximum atomic E-state index is 12.6. The largest absolute Gasteiger partial charge is 0.339 e. The summed E-state index contributed by atoms with van der Waals surface area (Å²) in [6.45, 7) is 5.84. The molecule has 0 atom stereocenters. The first kappa shape index (κ1) is 15.7. The molecule has 0 N–H and O–H groups in total. The van der Waals surface area contributed by atoms with Crippen LogP contribution in [0.3, 0.4) is 0 Å². The summed E-state index contributed by atoms with van der Waals surface area (Å²) >= 11 is 1.72. The lowest BCUT2D eigenvalue weighted by Crippen LogP contribution is -2.63. The van der Waals surface area contributed by atoms with Crippen LogP contribution >= 0.6 is 11.3 Å². The Kier molecular flexibility index (Phi) is 4.10. The number of amides is 1. The number of rotatable bonds is 3. The van der Waals surface area contributed by atoms with Crippen molar-refractivity contribution in [3.05, 3.63) is 46.2 Å². The Balaban J connectivity index is 1.38. The number of hydrogen-bond acceptors (Lipinski definition) is 5. The van der Waals surface area contributed by atoms with Gasteiger partial charge in [0.05, 0.1) is 10.7 Å². The Labute approximate surface area is 146 Å². The molecule has 2 fully saturated rings. The summed E-state index contributed by atoms with van der Waals surface area (Å²) < 4.78 is 0. The molecule has 126 valence electrons. The quantitative estimate of drug-likeness (QED) is 0.861. The van der Waals surface area contributed by atoms with Crippen LogP contribution in [0.4, 0.5) is 0 Å². The molecule has 0 unspecified atom stereocenters. The number of thiazole rings is 1. The second-order valence-electron chi connectivity index (χ2n) is 6.78. The minimum Gasteiger partial charge on any atom is -0.339 e. The van der Waals surface area contributed by atoms with Crippen LogP contribution in [0.25, 0.3) is 0 Å². The summed E-state index contributed by atoms with van der Waals surface area (Å²) in [5.41, 5.74) is 2.21. The van der Waals surface area contributed by atoms with Gasteiger partial charge in [-0.05, 0) is 38.3 Å². The van der Waals surface area contributed by atoms with Crippen LogP contribution in [-0.4, -0.2) is 50.8 Å². The van der Waals surface area contributed by atoms with Gasteiger partial charge in [-0.2, -0.15) is 0 Å². The Bertz CT molecular complexity index is 722. The zero-order chi connectivity index (χ0) is 16.6. The van der Waals surface area contributed by atoms with Crippen molar-refractivity contribution in [2.75, 3.05) is 19.6 Å². The summed E-state index contributed by atoms with van der Waals surface area (Å²) in [4.78, 5) is 25.7. The van der Waals surface area contributed by atoms with Gasteiger partial charge in [0, 0.05) is 55.1 Å². The molecular weight excluding hydrogens is 320 g/mol. The SMILES string of the molecule is Cc1nc(CN2CCC23CCN(C(=O)c2ccncc2)CC3)cs1. The molecule has 1 spiro atoms. The van der Waals surface area contributed by atoms with Crippen molar-refractivity contribution in [3.8, 4) is 0 Å². The van der Waals surface area contributed by atoms with Crippen molar-refractivity contribution in [2.45, 2.75) is 38.3 Å². The van der Waals surface area contributed by atoms with Gasteiger partial charge >= 0.3 is 0 Å². The lowest BCUT2D eigenvalue weighted by molar-refractivity contribution is -0.0608. The number of carbonyl (C=O) groups excluding carboxylic acids is 1. The molecule has 4 heterocycles. The number of nitrogens with zero attached hydrogens (tertiary/aromatic N) is 4. The minimum atomic E-state index is 0.133. The number of aryl methyl sites for hydroxylation is 1.